The summed E-state index contributed by atoms with van der Waals surface area (Å²) >= 11 is 0. The molecule has 0 radical (unpaired) electrons. The Balaban J connectivity index is 2.15. The number of hydrogen-bond donors (Lipinski definition) is 1. The molecule has 1 fully saturated rings. The molecule has 0 spiro atoms. The van der Waals surface area contributed by atoms with Crippen LogP contribution in [0.1, 0.15) is 19.3 Å². The van der Waals surface area contributed by atoms with Crippen molar-refractivity contribution in [3.63, 3.8) is 0 Å². The van der Waals surface area contributed by atoms with E-state index in [4.69, 9.17) is 10.5 Å². The molecule has 0 heterocycles. The van der Waals surface area contributed by atoms with Crippen molar-refractivity contribution in [1.29, 1.82) is 0 Å². The van der Waals surface area contributed by atoms with E-state index in [-0.39, 0.29) is 12.1 Å². The molecule has 0 saturated heterocycles. The molecule has 0 aliphatic heterocycles. The first-order valence-electron chi connectivity index (χ1n) is 3.85. The van der Waals surface area contributed by atoms with Gasteiger partial charge in [-0.15, -0.1) is 0 Å². The smallest absolute Gasteiger partial charge is 0.261 e. The van der Waals surface area contributed by atoms with Gasteiger partial charge in [0.1, 0.15) is 6.61 Å². The highest BCUT2D eigenvalue weighted by atomic mass is 19.3. The van der Waals surface area contributed by atoms with Gasteiger partial charge in [0.05, 0.1) is 6.10 Å². The van der Waals surface area contributed by atoms with Crippen molar-refractivity contribution in [1.82, 2.24) is 0 Å². The summed E-state index contributed by atoms with van der Waals surface area (Å²) in [6.07, 6.45) is 0.212. The average Bonchev–Trinajstić information content (AvgIpc) is 2.31. The monoisotopic (exact) mass is 165 g/mol. The number of nitrogens with two attached hydrogens (primary N) is 1. The molecule has 0 bridgehead atoms. The van der Waals surface area contributed by atoms with Gasteiger partial charge in [0, 0.05) is 6.04 Å². The van der Waals surface area contributed by atoms with E-state index < -0.39 is 13.0 Å². The first kappa shape index (κ1) is 8.87. The summed E-state index contributed by atoms with van der Waals surface area (Å²) in [5.74, 6) is 0. The molecule has 2 N–H and O–H groups in total. The molecule has 1 rings (SSSR count). The molecule has 2 nitrogen and oxygen atoms in total. The molecule has 0 aromatic heterocycles. The van der Waals surface area contributed by atoms with Crippen LogP contribution in [0, 0.1) is 0 Å². The van der Waals surface area contributed by atoms with Crippen LogP contribution in [0.5, 0.6) is 0 Å². The molecule has 11 heavy (non-hydrogen) atoms. The summed E-state index contributed by atoms with van der Waals surface area (Å²) in [5, 5.41) is 0. The van der Waals surface area contributed by atoms with Crippen LogP contribution in [0.4, 0.5) is 8.78 Å². The van der Waals surface area contributed by atoms with Crippen molar-refractivity contribution in [3.05, 3.63) is 0 Å². The van der Waals surface area contributed by atoms with Crippen molar-refractivity contribution in [3.8, 4) is 0 Å². The summed E-state index contributed by atoms with van der Waals surface area (Å²) in [5.41, 5.74) is 5.60. The molecule has 1 aliphatic carbocycles. The molecule has 2 atom stereocenters. The van der Waals surface area contributed by atoms with Crippen LogP contribution in [0.15, 0.2) is 0 Å². The predicted molar refractivity (Wildman–Crippen MR) is 37.6 cm³/mol. The minimum atomic E-state index is -2.37. The Kier molecular flexibility index (Phi) is 3.20. The van der Waals surface area contributed by atoms with Crippen molar-refractivity contribution >= 4 is 0 Å². The van der Waals surface area contributed by atoms with E-state index in [2.05, 4.69) is 0 Å². The van der Waals surface area contributed by atoms with Gasteiger partial charge in [-0.1, -0.05) is 0 Å². The number of alkyl halides is 2. The van der Waals surface area contributed by atoms with Crippen molar-refractivity contribution < 1.29 is 13.5 Å². The molecule has 0 aromatic rings. The lowest BCUT2D eigenvalue weighted by Crippen LogP contribution is -2.32. The third kappa shape index (κ3) is 2.71. The standard InChI is InChI=1S/C7H13F2NO/c8-7(9)4-11-6-3-1-2-5(6)10/h5-7H,1-4,10H2. The Morgan fingerprint density at radius 1 is 1.45 bits per heavy atom. The fourth-order valence-corrected chi connectivity index (χ4v) is 1.36. The van der Waals surface area contributed by atoms with Crippen LogP contribution >= 0.6 is 0 Å². The molecule has 2 unspecified atom stereocenters. The summed E-state index contributed by atoms with van der Waals surface area (Å²) < 4.78 is 28.2. The van der Waals surface area contributed by atoms with E-state index in [0.717, 1.165) is 19.3 Å². The van der Waals surface area contributed by atoms with Crippen molar-refractivity contribution in [2.45, 2.75) is 37.8 Å². The maximum Gasteiger partial charge on any atom is 0.261 e. The summed E-state index contributed by atoms with van der Waals surface area (Å²) in [6.45, 7) is -0.474. The van der Waals surface area contributed by atoms with Crippen LogP contribution in [0.3, 0.4) is 0 Å². The summed E-state index contributed by atoms with van der Waals surface area (Å²) in [6, 6.07) is -0.0336. The first-order chi connectivity index (χ1) is 5.20. The molecule has 4 heteroatoms. The van der Waals surface area contributed by atoms with E-state index in [9.17, 15) is 8.78 Å². The number of rotatable bonds is 3. The zero-order chi connectivity index (χ0) is 8.27. The van der Waals surface area contributed by atoms with Crippen LogP contribution in [-0.4, -0.2) is 25.2 Å². The maximum absolute atomic E-state index is 11.6. The van der Waals surface area contributed by atoms with Gasteiger partial charge >= 0.3 is 0 Å². The quantitative estimate of drug-likeness (QED) is 0.680. The van der Waals surface area contributed by atoms with Crippen LogP contribution in [0.2, 0.25) is 0 Å². The van der Waals surface area contributed by atoms with Crippen molar-refractivity contribution in [2.75, 3.05) is 6.61 Å². The lowest BCUT2D eigenvalue weighted by Gasteiger charge is -2.15. The zero-order valence-electron chi connectivity index (χ0n) is 6.30. The lowest BCUT2D eigenvalue weighted by atomic mass is 10.2. The third-order valence-corrected chi connectivity index (χ3v) is 1.94. The fourth-order valence-electron chi connectivity index (χ4n) is 1.36. The maximum atomic E-state index is 11.6. The van der Waals surface area contributed by atoms with Gasteiger partial charge in [-0.05, 0) is 19.3 Å². The number of halogens is 2. The predicted octanol–water partition coefficient (Wildman–Crippen LogP) is 1.15. The normalized spacial score (nSPS) is 31.6. The van der Waals surface area contributed by atoms with Gasteiger partial charge < -0.3 is 10.5 Å². The minimum Gasteiger partial charge on any atom is -0.371 e. The van der Waals surface area contributed by atoms with E-state index in [1.54, 1.807) is 0 Å². The van der Waals surface area contributed by atoms with Gasteiger partial charge in [0.2, 0.25) is 0 Å². The van der Waals surface area contributed by atoms with Gasteiger partial charge in [-0.2, -0.15) is 0 Å². The molecule has 66 valence electrons. The molecule has 0 aromatic carbocycles. The zero-order valence-corrected chi connectivity index (χ0v) is 6.30. The second kappa shape index (κ2) is 3.97. The van der Waals surface area contributed by atoms with E-state index in [0.29, 0.717) is 0 Å². The first-order valence-corrected chi connectivity index (χ1v) is 3.85. The van der Waals surface area contributed by atoms with Gasteiger partial charge in [-0.3, -0.25) is 0 Å². The largest absolute Gasteiger partial charge is 0.371 e. The Morgan fingerprint density at radius 2 is 2.18 bits per heavy atom. The summed E-state index contributed by atoms with van der Waals surface area (Å²) in [4.78, 5) is 0. The Hall–Kier alpha value is -0.220. The van der Waals surface area contributed by atoms with Crippen LogP contribution < -0.4 is 5.73 Å². The topological polar surface area (TPSA) is 35.2 Å². The Bertz CT molecular complexity index is 121. The number of hydrogen-bond acceptors (Lipinski definition) is 2. The SMILES string of the molecule is NC1CCCC1OCC(F)F. The van der Waals surface area contributed by atoms with Crippen LogP contribution in [0.25, 0.3) is 0 Å². The third-order valence-electron chi connectivity index (χ3n) is 1.94. The van der Waals surface area contributed by atoms with E-state index in [1.165, 1.54) is 0 Å². The van der Waals surface area contributed by atoms with E-state index in [1.807, 2.05) is 0 Å². The Morgan fingerprint density at radius 3 is 2.64 bits per heavy atom. The second-order valence-corrected chi connectivity index (χ2v) is 2.86. The average molecular weight is 165 g/mol. The van der Waals surface area contributed by atoms with Gasteiger partial charge in [0.15, 0.2) is 0 Å². The molecular weight excluding hydrogens is 152 g/mol. The number of ether oxygens (including phenoxy) is 1. The fraction of sp³-hybridized carbons (Fsp3) is 1.00. The molecule has 1 saturated carbocycles. The minimum absolute atomic E-state index is 0.0336. The molecule has 1 aliphatic rings. The molecular formula is C7H13F2NO. The van der Waals surface area contributed by atoms with Crippen molar-refractivity contribution in [2.24, 2.45) is 5.73 Å². The highest BCUT2D eigenvalue weighted by Gasteiger charge is 2.25. The highest BCUT2D eigenvalue weighted by molar-refractivity contribution is 4.80. The summed E-state index contributed by atoms with van der Waals surface area (Å²) in [7, 11) is 0. The van der Waals surface area contributed by atoms with Gasteiger partial charge in [-0.25, -0.2) is 8.78 Å². The molecule has 0 amide bonds. The highest BCUT2D eigenvalue weighted by Crippen LogP contribution is 2.20. The Labute approximate surface area is 64.7 Å². The van der Waals surface area contributed by atoms with Gasteiger partial charge in [0.25, 0.3) is 6.43 Å². The van der Waals surface area contributed by atoms with Crippen LogP contribution in [-0.2, 0) is 4.74 Å². The second-order valence-electron chi connectivity index (χ2n) is 2.86. The van der Waals surface area contributed by atoms with E-state index >= 15 is 0 Å². The lowest BCUT2D eigenvalue weighted by molar-refractivity contribution is -0.0262.